The van der Waals surface area contributed by atoms with E-state index in [9.17, 15) is 4.79 Å². The molecule has 3 aromatic heterocycles. The van der Waals surface area contributed by atoms with Crippen LogP contribution in [0.2, 0.25) is 0 Å². The number of amides is 1. The number of aryl methyl sites for hydroxylation is 1. The van der Waals surface area contributed by atoms with Gasteiger partial charge in [0.15, 0.2) is 5.82 Å². The smallest absolute Gasteiger partial charge is 0.257 e. The predicted molar refractivity (Wildman–Crippen MR) is 99.4 cm³/mol. The molecular weight excluding hydrogens is 360 g/mol. The van der Waals surface area contributed by atoms with Crippen LogP contribution in [0.4, 0.5) is 0 Å². The summed E-state index contributed by atoms with van der Waals surface area (Å²) in [7, 11) is 0. The van der Waals surface area contributed by atoms with Gasteiger partial charge in [0.1, 0.15) is 11.9 Å². The van der Waals surface area contributed by atoms with E-state index in [1.165, 1.54) is 22.9 Å². The van der Waals surface area contributed by atoms with Gasteiger partial charge in [-0.25, -0.2) is 0 Å². The Morgan fingerprint density at radius 1 is 1.36 bits per heavy atom. The molecule has 0 saturated heterocycles. The van der Waals surface area contributed by atoms with Gasteiger partial charge in [-0.15, -0.1) is 5.10 Å². The van der Waals surface area contributed by atoms with Crippen LogP contribution in [0.1, 0.15) is 42.0 Å². The van der Waals surface area contributed by atoms with Crippen LogP contribution in [0.3, 0.4) is 0 Å². The highest BCUT2D eigenvalue weighted by Gasteiger charge is 2.19. The van der Waals surface area contributed by atoms with Crippen molar-refractivity contribution in [1.29, 1.82) is 0 Å². The Morgan fingerprint density at radius 3 is 3.04 bits per heavy atom. The van der Waals surface area contributed by atoms with Crippen molar-refractivity contribution in [2.45, 2.75) is 39.9 Å². The first-order chi connectivity index (χ1) is 13.6. The number of aromatic amines is 1. The van der Waals surface area contributed by atoms with Crippen LogP contribution in [0, 0.1) is 5.92 Å². The first-order valence-corrected chi connectivity index (χ1v) is 9.43. The van der Waals surface area contributed by atoms with Crippen LogP contribution in [-0.4, -0.2) is 64.1 Å². The van der Waals surface area contributed by atoms with Crippen molar-refractivity contribution in [1.82, 2.24) is 50.4 Å². The van der Waals surface area contributed by atoms with Gasteiger partial charge in [0.2, 0.25) is 0 Å². The summed E-state index contributed by atoms with van der Waals surface area (Å²) < 4.78 is 3.43. The Kier molecular flexibility index (Phi) is 5.15. The summed E-state index contributed by atoms with van der Waals surface area (Å²) in [5.74, 6) is 0.800. The van der Waals surface area contributed by atoms with E-state index in [2.05, 4.69) is 65.6 Å². The summed E-state index contributed by atoms with van der Waals surface area (Å²) in [5.41, 5.74) is 2.42. The molecule has 2 N–H and O–H groups in total. The average Bonchev–Trinajstić information content (AvgIpc) is 3.38. The fourth-order valence-electron chi connectivity index (χ4n) is 3.50. The summed E-state index contributed by atoms with van der Waals surface area (Å²) in [6.45, 7) is 8.80. The van der Waals surface area contributed by atoms with Gasteiger partial charge in [0.25, 0.3) is 5.91 Å². The fourth-order valence-corrected chi connectivity index (χ4v) is 3.50. The van der Waals surface area contributed by atoms with Crippen molar-refractivity contribution in [3.8, 4) is 5.82 Å². The molecule has 0 atom stereocenters. The molecule has 0 radical (unpaired) electrons. The summed E-state index contributed by atoms with van der Waals surface area (Å²) in [4.78, 5) is 15.0. The zero-order chi connectivity index (χ0) is 19.5. The molecule has 0 fully saturated rings. The summed E-state index contributed by atoms with van der Waals surface area (Å²) in [6.07, 6.45) is 3.94. The Morgan fingerprint density at radius 2 is 2.25 bits per heavy atom. The fraction of sp³-hybridized carbons (Fsp3) is 0.529. The van der Waals surface area contributed by atoms with Gasteiger partial charge in [0, 0.05) is 26.2 Å². The Bertz CT molecular complexity index is 926. The number of aromatic nitrogens is 8. The standard InChI is InChI=1S/C17H24N10O/c1-12(2)9-25-4-3-5-26-14(10-25)6-13(22-26)7-18-17(28)15-8-19-21-16(15)27-11-20-23-24-27/h6,8,11-12H,3-5,7,9-10H2,1-2H3,(H,18,28)(H,19,21). The second kappa shape index (κ2) is 7.89. The van der Waals surface area contributed by atoms with Crippen molar-refractivity contribution >= 4 is 5.91 Å². The van der Waals surface area contributed by atoms with Crippen LogP contribution >= 0.6 is 0 Å². The lowest BCUT2D eigenvalue weighted by atomic mass is 10.2. The summed E-state index contributed by atoms with van der Waals surface area (Å²) >= 11 is 0. The van der Waals surface area contributed by atoms with Gasteiger partial charge >= 0.3 is 0 Å². The van der Waals surface area contributed by atoms with E-state index in [1.807, 2.05) is 0 Å². The number of tetrazole rings is 1. The van der Waals surface area contributed by atoms with Gasteiger partial charge in [-0.2, -0.15) is 14.9 Å². The molecule has 1 aliphatic heterocycles. The van der Waals surface area contributed by atoms with Crippen molar-refractivity contribution in [2.75, 3.05) is 13.1 Å². The van der Waals surface area contributed by atoms with E-state index in [1.54, 1.807) is 0 Å². The van der Waals surface area contributed by atoms with Gasteiger partial charge in [-0.3, -0.25) is 19.5 Å². The zero-order valence-electron chi connectivity index (χ0n) is 16.0. The third kappa shape index (κ3) is 3.93. The molecule has 0 aromatic carbocycles. The molecule has 3 aromatic rings. The monoisotopic (exact) mass is 384 g/mol. The lowest BCUT2D eigenvalue weighted by Crippen LogP contribution is -2.27. The van der Waals surface area contributed by atoms with E-state index in [4.69, 9.17) is 0 Å². The average molecular weight is 384 g/mol. The molecule has 1 amide bonds. The molecule has 4 heterocycles. The quantitative estimate of drug-likeness (QED) is 0.630. The van der Waals surface area contributed by atoms with E-state index in [0.29, 0.717) is 23.8 Å². The lowest BCUT2D eigenvalue weighted by Gasteiger charge is -2.21. The van der Waals surface area contributed by atoms with Crippen molar-refractivity contribution in [2.24, 2.45) is 5.92 Å². The molecule has 0 bridgehead atoms. The minimum absolute atomic E-state index is 0.260. The first-order valence-electron chi connectivity index (χ1n) is 9.43. The lowest BCUT2D eigenvalue weighted by molar-refractivity contribution is 0.0950. The van der Waals surface area contributed by atoms with Gasteiger partial charge in [0.05, 0.1) is 24.1 Å². The Hall–Kier alpha value is -3.08. The van der Waals surface area contributed by atoms with E-state index < -0.39 is 0 Å². The maximum absolute atomic E-state index is 12.6. The highest BCUT2D eigenvalue weighted by atomic mass is 16.1. The van der Waals surface area contributed by atoms with E-state index in [0.717, 1.165) is 38.3 Å². The third-order valence-corrected chi connectivity index (χ3v) is 4.64. The minimum Gasteiger partial charge on any atom is -0.346 e. The predicted octanol–water partition coefficient (Wildman–Crippen LogP) is 0.374. The van der Waals surface area contributed by atoms with Crippen LogP contribution in [0.5, 0.6) is 0 Å². The summed E-state index contributed by atoms with van der Waals surface area (Å²) in [6, 6.07) is 2.08. The van der Waals surface area contributed by atoms with Crippen LogP contribution in [0.25, 0.3) is 5.82 Å². The number of nitrogens with zero attached hydrogens (tertiary/aromatic N) is 8. The third-order valence-electron chi connectivity index (χ3n) is 4.64. The van der Waals surface area contributed by atoms with E-state index >= 15 is 0 Å². The molecule has 0 aliphatic carbocycles. The van der Waals surface area contributed by atoms with E-state index in [-0.39, 0.29) is 5.91 Å². The topological polar surface area (TPSA) is 122 Å². The van der Waals surface area contributed by atoms with Crippen molar-refractivity contribution < 1.29 is 4.79 Å². The number of hydrogen-bond donors (Lipinski definition) is 2. The molecule has 0 saturated carbocycles. The molecule has 4 rings (SSSR count). The highest BCUT2D eigenvalue weighted by molar-refractivity contribution is 5.96. The molecule has 148 valence electrons. The minimum atomic E-state index is -0.260. The van der Waals surface area contributed by atoms with Crippen LogP contribution < -0.4 is 5.32 Å². The molecule has 28 heavy (non-hydrogen) atoms. The Labute approximate surface area is 162 Å². The number of rotatable bonds is 6. The molecule has 0 unspecified atom stereocenters. The largest absolute Gasteiger partial charge is 0.346 e. The maximum Gasteiger partial charge on any atom is 0.257 e. The zero-order valence-corrected chi connectivity index (χ0v) is 16.0. The van der Waals surface area contributed by atoms with Crippen molar-refractivity contribution in [3.05, 3.63) is 35.5 Å². The number of nitrogens with one attached hydrogen (secondary N) is 2. The summed E-state index contributed by atoms with van der Waals surface area (Å²) in [5, 5.41) is 25.2. The van der Waals surface area contributed by atoms with Crippen molar-refractivity contribution in [3.63, 3.8) is 0 Å². The maximum atomic E-state index is 12.6. The number of carbonyl (C=O) groups is 1. The van der Waals surface area contributed by atoms with Gasteiger partial charge < -0.3 is 5.32 Å². The number of hydrogen-bond acceptors (Lipinski definition) is 7. The highest BCUT2D eigenvalue weighted by Crippen LogP contribution is 2.15. The number of H-pyrrole nitrogens is 1. The molecular formula is C17H24N10O. The number of carbonyl (C=O) groups excluding carboxylic acids is 1. The van der Waals surface area contributed by atoms with Gasteiger partial charge in [-0.1, -0.05) is 13.8 Å². The Balaban J connectivity index is 1.41. The van der Waals surface area contributed by atoms with Crippen LogP contribution in [-0.2, 0) is 19.6 Å². The normalized spacial score (nSPS) is 14.8. The number of fused-ring (bicyclic) bond motifs is 1. The second-order valence-corrected chi connectivity index (χ2v) is 7.40. The van der Waals surface area contributed by atoms with Gasteiger partial charge in [-0.05, 0) is 28.8 Å². The molecule has 1 aliphatic rings. The second-order valence-electron chi connectivity index (χ2n) is 7.40. The SMILES string of the molecule is CC(C)CN1CCCn2nc(CNC(=O)c3cn[nH]c3-n3cnnn3)cc2C1. The molecule has 11 nitrogen and oxygen atoms in total. The first kappa shape index (κ1) is 18.3. The van der Waals surface area contributed by atoms with Crippen LogP contribution in [0.15, 0.2) is 18.6 Å². The molecule has 0 spiro atoms. The molecule has 11 heteroatoms.